The predicted octanol–water partition coefficient (Wildman–Crippen LogP) is 3.74. The molecule has 3 rings (SSSR count). The van der Waals surface area contributed by atoms with Crippen molar-refractivity contribution in [1.82, 2.24) is 9.78 Å². The molecule has 7 nitrogen and oxygen atoms in total. The van der Waals surface area contributed by atoms with Gasteiger partial charge >= 0.3 is 0 Å². The van der Waals surface area contributed by atoms with E-state index in [2.05, 4.69) is 10.4 Å². The highest BCUT2D eigenvalue weighted by Gasteiger charge is 2.07. The van der Waals surface area contributed by atoms with Crippen LogP contribution in [0, 0.1) is 0 Å². The van der Waals surface area contributed by atoms with Gasteiger partial charge in [-0.2, -0.15) is 5.10 Å². The molecule has 3 aromatic rings. The highest BCUT2D eigenvalue weighted by molar-refractivity contribution is 5.90. The Morgan fingerprint density at radius 1 is 1.07 bits per heavy atom. The first-order valence-electron chi connectivity index (χ1n) is 9.84. The van der Waals surface area contributed by atoms with Gasteiger partial charge in [-0.15, -0.1) is 0 Å². The third-order valence-electron chi connectivity index (χ3n) is 4.45. The van der Waals surface area contributed by atoms with E-state index in [4.69, 9.17) is 9.47 Å². The number of hydrogen-bond donors (Lipinski definition) is 1. The summed E-state index contributed by atoms with van der Waals surface area (Å²) in [7, 11) is 1.58. The van der Waals surface area contributed by atoms with Crippen LogP contribution in [0.3, 0.4) is 0 Å². The number of amides is 1. The number of rotatable bonds is 9. The topological polar surface area (TPSA) is 82.5 Å². The van der Waals surface area contributed by atoms with Crippen LogP contribution in [0.25, 0.3) is 11.3 Å². The standard InChI is InChI=1S/C23H25N3O4/c1-3-30-19-11-9-17(10-12-19)21-13-14-23(28)26(25-21)15-5-8-22(27)24-18-6-4-7-20(16-18)29-2/h4,6-7,9-14,16H,3,5,8,15H2,1-2H3,(H,24,27). The quantitative estimate of drug-likeness (QED) is 0.584. The zero-order valence-electron chi connectivity index (χ0n) is 17.1. The molecule has 0 bridgehead atoms. The SMILES string of the molecule is CCOc1ccc(-c2ccc(=O)n(CCCC(=O)Nc3cccc(OC)c3)n2)cc1. The lowest BCUT2D eigenvalue weighted by Gasteiger charge is -2.09. The summed E-state index contributed by atoms with van der Waals surface area (Å²) >= 11 is 0. The summed E-state index contributed by atoms with van der Waals surface area (Å²) in [4.78, 5) is 24.3. The van der Waals surface area contributed by atoms with Crippen molar-refractivity contribution in [3.8, 4) is 22.8 Å². The fourth-order valence-corrected chi connectivity index (χ4v) is 2.97. The van der Waals surface area contributed by atoms with Crippen molar-refractivity contribution >= 4 is 11.6 Å². The number of nitrogens with zero attached hydrogens (tertiary/aromatic N) is 2. The van der Waals surface area contributed by atoms with Crippen LogP contribution < -0.4 is 20.3 Å². The molecule has 0 fully saturated rings. The number of carbonyl (C=O) groups excluding carboxylic acids is 1. The van der Waals surface area contributed by atoms with Gasteiger partial charge in [0.1, 0.15) is 11.5 Å². The average Bonchev–Trinajstić information content (AvgIpc) is 2.76. The number of anilines is 1. The molecule has 1 aromatic heterocycles. The van der Waals surface area contributed by atoms with Crippen molar-refractivity contribution in [2.24, 2.45) is 0 Å². The third kappa shape index (κ3) is 5.70. The minimum Gasteiger partial charge on any atom is -0.497 e. The van der Waals surface area contributed by atoms with Crippen molar-refractivity contribution < 1.29 is 14.3 Å². The van der Waals surface area contributed by atoms with Gasteiger partial charge in [-0.25, -0.2) is 4.68 Å². The molecule has 0 atom stereocenters. The van der Waals surface area contributed by atoms with Gasteiger partial charge in [-0.1, -0.05) is 6.07 Å². The smallest absolute Gasteiger partial charge is 0.266 e. The van der Waals surface area contributed by atoms with Gasteiger partial charge < -0.3 is 14.8 Å². The zero-order valence-corrected chi connectivity index (χ0v) is 17.1. The Bertz CT molecular complexity index is 1040. The zero-order chi connectivity index (χ0) is 21.3. The number of nitrogens with one attached hydrogen (secondary N) is 1. The second-order valence-corrected chi connectivity index (χ2v) is 6.62. The van der Waals surface area contributed by atoms with Crippen LogP contribution in [-0.4, -0.2) is 29.4 Å². The molecule has 0 spiro atoms. The van der Waals surface area contributed by atoms with Gasteiger partial charge in [0.25, 0.3) is 5.56 Å². The summed E-state index contributed by atoms with van der Waals surface area (Å²) in [5, 5.41) is 7.27. The van der Waals surface area contributed by atoms with Gasteiger partial charge in [0.05, 0.1) is 19.4 Å². The summed E-state index contributed by atoms with van der Waals surface area (Å²) < 4.78 is 12.0. The van der Waals surface area contributed by atoms with E-state index in [1.807, 2.05) is 43.3 Å². The molecule has 2 aromatic carbocycles. The Morgan fingerprint density at radius 2 is 1.87 bits per heavy atom. The highest BCUT2D eigenvalue weighted by Crippen LogP contribution is 2.20. The maximum atomic E-state index is 12.2. The van der Waals surface area contributed by atoms with E-state index >= 15 is 0 Å². The molecule has 7 heteroatoms. The third-order valence-corrected chi connectivity index (χ3v) is 4.45. The maximum Gasteiger partial charge on any atom is 0.266 e. The maximum absolute atomic E-state index is 12.2. The summed E-state index contributed by atoms with van der Waals surface area (Å²) in [5.41, 5.74) is 2.06. The number of ether oxygens (including phenoxy) is 2. The van der Waals surface area contributed by atoms with Gasteiger partial charge in [-0.3, -0.25) is 9.59 Å². The van der Waals surface area contributed by atoms with Gasteiger partial charge in [-0.05, 0) is 55.8 Å². The molecule has 0 saturated heterocycles. The monoisotopic (exact) mass is 407 g/mol. The molecule has 1 amide bonds. The van der Waals surface area contributed by atoms with E-state index in [-0.39, 0.29) is 17.9 Å². The number of hydrogen-bond acceptors (Lipinski definition) is 5. The van der Waals surface area contributed by atoms with Gasteiger partial charge in [0, 0.05) is 36.3 Å². The molecule has 0 saturated carbocycles. The first kappa shape index (κ1) is 21.1. The van der Waals surface area contributed by atoms with Crippen LogP contribution in [0.1, 0.15) is 19.8 Å². The van der Waals surface area contributed by atoms with E-state index < -0.39 is 0 Å². The molecule has 0 aliphatic rings. The van der Waals surface area contributed by atoms with E-state index in [9.17, 15) is 9.59 Å². The Balaban J connectivity index is 1.59. The first-order chi connectivity index (χ1) is 14.6. The highest BCUT2D eigenvalue weighted by atomic mass is 16.5. The van der Waals surface area contributed by atoms with Gasteiger partial charge in [0.15, 0.2) is 0 Å². The second-order valence-electron chi connectivity index (χ2n) is 6.62. The minimum absolute atomic E-state index is 0.126. The number of carbonyl (C=O) groups is 1. The lowest BCUT2D eigenvalue weighted by Crippen LogP contribution is -2.23. The van der Waals surface area contributed by atoms with E-state index in [0.29, 0.717) is 36.7 Å². The molecule has 0 aliphatic heterocycles. The number of benzene rings is 2. The molecule has 0 unspecified atom stereocenters. The summed E-state index contributed by atoms with van der Waals surface area (Å²) in [6.07, 6.45) is 0.772. The second kappa shape index (κ2) is 10.2. The van der Waals surface area contributed by atoms with Crippen molar-refractivity contribution in [2.75, 3.05) is 19.0 Å². The van der Waals surface area contributed by atoms with E-state index in [0.717, 1.165) is 11.3 Å². The Kier molecular flexibility index (Phi) is 7.21. The predicted molar refractivity (Wildman–Crippen MR) is 116 cm³/mol. The van der Waals surface area contributed by atoms with E-state index in [1.54, 1.807) is 25.3 Å². The largest absolute Gasteiger partial charge is 0.497 e. The van der Waals surface area contributed by atoms with Crippen molar-refractivity contribution in [1.29, 1.82) is 0 Å². The fraction of sp³-hybridized carbons (Fsp3) is 0.261. The van der Waals surface area contributed by atoms with Crippen molar-refractivity contribution in [2.45, 2.75) is 26.3 Å². The van der Waals surface area contributed by atoms with Crippen LogP contribution in [0.4, 0.5) is 5.69 Å². The molecule has 1 N–H and O–H groups in total. The summed E-state index contributed by atoms with van der Waals surface area (Å²) in [6, 6.07) is 17.9. The first-order valence-corrected chi connectivity index (χ1v) is 9.84. The number of methoxy groups -OCH3 is 1. The Hall–Kier alpha value is -3.61. The van der Waals surface area contributed by atoms with Crippen LogP contribution >= 0.6 is 0 Å². The minimum atomic E-state index is -0.196. The van der Waals surface area contributed by atoms with Gasteiger partial charge in [0.2, 0.25) is 5.91 Å². The molecule has 0 radical (unpaired) electrons. The van der Waals surface area contributed by atoms with Crippen molar-refractivity contribution in [3.05, 3.63) is 71.0 Å². The van der Waals surface area contributed by atoms with Crippen LogP contribution in [0.2, 0.25) is 0 Å². The molecule has 1 heterocycles. The van der Waals surface area contributed by atoms with Crippen LogP contribution in [0.15, 0.2) is 65.5 Å². The molecule has 156 valence electrons. The summed E-state index contributed by atoms with van der Waals surface area (Å²) in [5.74, 6) is 1.34. The number of aromatic nitrogens is 2. The summed E-state index contributed by atoms with van der Waals surface area (Å²) in [6.45, 7) is 2.89. The number of aryl methyl sites for hydroxylation is 1. The Labute approximate surface area is 175 Å². The molecule has 30 heavy (non-hydrogen) atoms. The molecule has 0 aliphatic carbocycles. The molecular weight excluding hydrogens is 382 g/mol. The fourth-order valence-electron chi connectivity index (χ4n) is 2.97. The normalized spacial score (nSPS) is 10.5. The van der Waals surface area contributed by atoms with Crippen molar-refractivity contribution in [3.63, 3.8) is 0 Å². The Morgan fingerprint density at radius 3 is 2.60 bits per heavy atom. The average molecular weight is 407 g/mol. The van der Waals surface area contributed by atoms with Crippen LogP contribution in [0.5, 0.6) is 11.5 Å². The lowest BCUT2D eigenvalue weighted by molar-refractivity contribution is -0.116. The van der Waals surface area contributed by atoms with Crippen LogP contribution in [-0.2, 0) is 11.3 Å². The van der Waals surface area contributed by atoms with E-state index in [1.165, 1.54) is 10.7 Å². The lowest BCUT2D eigenvalue weighted by atomic mass is 10.1. The molecular formula is C23H25N3O4.